The van der Waals surface area contributed by atoms with E-state index in [0.29, 0.717) is 44.3 Å². The largest absolute Gasteiger partial charge is 0.480 e. The van der Waals surface area contributed by atoms with Gasteiger partial charge in [-0.25, -0.2) is 4.79 Å². The Balaban J connectivity index is 3.30. The van der Waals surface area contributed by atoms with Crippen LogP contribution in [0.25, 0.3) is 0 Å². The smallest absolute Gasteiger partial charge is 0.326 e. The van der Waals surface area contributed by atoms with Gasteiger partial charge in [0, 0.05) is 10.9 Å². The predicted octanol–water partition coefficient (Wildman–Crippen LogP) is 0.728. The molecule has 0 aliphatic rings. The zero-order valence-corrected chi connectivity index (χ0v) is 31.5. The number of rotatable bonds is 25. The zero-order valence-electron chi connectivity index (χ0n) is 29.9. The van der Waals surface area contributed by atoms with E-state index >= 15 is 0 Å². The standard InChI is InChI=1S/C35H57BrN8O7/c1-5-11-25(31(46)43-28(20-23-12-10-13-24(36)19-23)34(49)44-29(35(50)51)18-21(2)3)41-33(48)27(15-7-9-17-38)42-32(47)26(14-6-8-16-37)40-30(45)22(4)39/h5,10,12-13,19,21-22,25-29H,1,6-9,11,14-18,20,37-39H2,2-4H3,(H,40,45)(H,41,48)(H,42,47)(H,43,46)(H,44,49)(H,50,51)/t22-,25-,26-,27-,28-,29-/m0/s1. The Labute approximate surface area is 309 Å². The quantitative estimate of drug-likeness (QED) is 0.0496. The molecule has 286 valence electrons. The maximum atomic E-state index is 13.7. The molecule has 0 bridgehead atoms. The van der Waals surface area contributed by atoms with Gasteiger partial charge in [0.05, 0.1) is 6.04 Å². The van der Waals surface area contributed by atoms with Gasteiger partial charge in [-0.2, -0.15) is 0 Å². The SMILES string of the molecule is C=CC[C@H](NC(=O)[C@H](CCCCN)NC(=O)[C@H](CCCCN)NC(=O)[C@H](C)N)C(=O)N[C@@H](Cc1cccc(Br)c1)C(=O)N[C@@H](CC(C)C)C(=O)O. The van der Waals surface area contributed by atoms with E-state index in [1.165, 1.54) is 13.0 Å². The minimum atomic E-state index is -1.21. The van der Waals surface area contributed by atoms with Crippen LogP contribution >= 0.6 is 15.9 Å². The topological polar surface area (TPSA) is 261 Å². The normalized spacial score (nSPS) is 14.6. The van der Waals surface area contributed by atoms with E-state index in [9.17, 15) is 33.9 Å². The number of carboxylic acids is 1. The third kappa shape index (κ3) is 17.8. The summed E-state index contributed by atoms with van der Waals surface area (Å²) in [6, 6.07) is 0.571. The summed E-state index contributed by atoms with van der Waals surface area (Å²) in [6.45, 7) is 9.60. The van der Waals surface area contributed by atoms with Gasteiger partial charge in [0.2, 0.25) is 29.5 Å². The molecule has 0 fully saturated rings. The second-order valence-electron chi connectivity index (χ2n) is 13.0. The summed E-state index contributed by atoms with van der Waals surface area (Å²) in [5, 5.41) is 23.0. The average molecular weight is 782 g/mol. The van der Waals surface area contributed by atoms with Crippen LogP contribution in [0.3, 0.4) is 0 Å². The molecule has 0 aliphatic carbocycles. The summed E-state index contributed by atoms with van der Waals surface area (Å²) in [5.74, 6) is -4.46. The number of unbranched alkanes of at least 4 members (excludes halogenated alkanes) is 2. The van der Waals surface area contributed by atoms with E-state index in [-0.39, 0.29) is 38.0 Å². The highest BCUT2D eigenvalue weighted by molar-refractivity contribution is 9.10. The molecule has 0 aliphatic heterocycles. The summed E-state index contributed by atoms with van der Waals surface area (Å²) in [6.07, 6.45) is 4.26. The van der Waals surface area contributed by atoms with Gasteiger partial charge in [0.25, 0.3) is 0 Å². The predicted molar refractivity (Wildman–Crippen MR) is 199 cm³/mol. The van der Waals surface area contributed by atoms with E-state index in [4.69, 9.17) is 17.2 Å². The van der Waals surface area contributed by atoms with Crippen LogP contribution in [0.1, 0.15) is 77.7 Å². The molecule has 0 saturated carbocycles. The molecular weight excluding hydrogens is 724 g/mol. The van der Waals surface area contributed by atoms with Crippen molar-refractivity contribution in [3.8, 4) is 0 Å². The second kappa shape index (κ2) is 24.3. The van der Waals surface area contributed by atoms with Crippen LogP contribution in [0.4, 0.5) is 0 Å². The summed E-state index contributed by atoms with van der Waals surface area (Å²) >= 11 is 3.40. The Morgan fingerprint density at radius 2 is 1.22 bits per heavy atom. The maximum absolute atomic E-state index is 13.7. The van der Waals surface area contributed by atoms with Crippen LogP contribution in [-0.2, 0) is 35.2 Å². The van der Waals surface area contributed by atoms with Gasteiger partial charge >= 0.3 is 5.97 Å². The maximum Gasteiger partial charge on any atom is 0.326 e. The molecule has 6 atom stereocenters. The van der Waals surface area contributed by atoms with E-state index < -0.39 is 71.8 Å². The number of halogens is 1. The Hall–Kier alpha value is -3.86. The van der Waals surface area contributed by atoms with Gasteiger partial charge in [-0.15, -0.1) is 6.58 Å². The summed E-state index contributed by atoms with van der Waals surface area (Å²) in [5.41, 5.74) is 17.7. The minimum absolute atomic E-state index is 0.0240. The van der Waals surface area contributed by atoms with Crippen molar-refractivity contribution in [1.82, 2.24) is 26.6 Å². The molecule has 0 radical (unpaired) electrons. The molecular formula is C35H57BrN8O7. The van der Waals surface area contributed by atoms with Crippen molar-refractivity contribution in [3.63, 3.8) is 0 Å². The average Bonchev–Trinajstić information content (AvgIpc) is 3.06. The molecule has 1 rings (SSSR count). The number of nitrogens with one attached hydrogen (secondary N) is 5. The lowest BCUT2D eigenvalue weighted by Crippen LogP contribution is -2.59. The third-order valence-electron chi connectivity index (χ3n) is 7.89. The first-order valence-electron chi connectivity index (χ1n) is 17.4. The number of carbonyl (C=O) groups excluding carboxylic acids is 5. The van der Waals surface area contributed by atoms with Gasteiger partial charge < -0.3 is 48.9 Å². The Kier molecular flexibility index (Phi) is 21.6. The molecule has 5 amide bonds. The van der Waals surface area contributed by atoms with Crippen molar-refractivity contribution in [2.45, 2.75) is 115 Å². The van der Waals surface area contributed by atoms with Crippen LogP contribution < -0.4 is 43.8 Å². The van der Waals surface area contributed by atoms with Gasteiger partial charge in [0.1, 0.15) is 30.2 Å². The molecule has 12 N–H and O–H groups in total. The van der Waals surface area contributed by atoms with Crippen molar-refractivity contribution in [2.24, 2.45) is 23.1 Å². The first-order valence-corrected chi connectivity index (χ1v) is 18.2. The zero-order chi connectivity index (χ0) is 38.5. The lowest BCUT2D eigenvalue weighted by Gasteiger charge is -2.27. The van der Waals surface area contributed by atoms with Crippen molar-refractivity contribution >= 4 is 51.4 Å². The van der Waals surface area contributed by atoms with E-state index in [1.807, 2.05) is 13.8 Å². The highest BCUT2D eigenvalue weighted by Crippen LogP contribution is 2.15. The van der Waals surface area contributed by atoms with E-state index in [2.05, 4.69) is 49.1 Å². The van der Waals surface area contributed by atoms with E-state index in [0.717, 1.165) is 4.47 Å². The highest BCUT2D eigenvalue weighted by atomic mass is 79.9. The molecule has 51 heavy (non-hydrogen) atoms. The molecule has 0 spiro atoms. The van der Waals surface area contributed by atoms with Crippen LogP contribution in [0.2, 0.25) is 0 Å². The fourth-order valence-corrected chi connectivity index (χ4v) is 5.56. The summed E-state index contributed by atoms with van der Waals surface area (Å²) in [7, 11) is 0. The van der Waals surface area contributed by atoms with Crippen LogP contribution in [0, 0.1) is 5.92 Å². The lowest BCUT2D eigenvalue weighted by molar-refractivity contribution is -0.142. The second-order valence-corrected chi connectivity index (χ2v) is 13.9. The monoisotopic (exact) mass is 780 g/mol. The molecule has 1 aromatic carbocycles. The van der Waals surface area contributed by atoms with Crippen molar-refractivity contribution in [3.05, 3.63) is 47.0 Å². The Bertz CT molecular complexity index is 1310. The number of amides is 5. The molecule has 0 aromatic heterocycles. The minimum Gasteiger partial charge on any atom is -0.480 e. The van der Waals surface area contributed by atoms with E-state index in [1.54, 1.807) is 24.3 Å². The number of hydrogen-bond donors (Lipinski definition) is 9. The number of nitrogens with two attached hydrogens (primary N) is 3. The lowest BCUT2D eigenvalue weighted by atomic mass is 10.0. The molecule has 15 nitrogen and oxygen atoms in total. The third-order valence-corrected chi connectivity index (χ3v) is 8.39. The van der Waals surface area contributed by atoms with Crippen LogP contribution in [0.15, 0.2) is 41.4 Å². The molecule has 16 heteroatoms. The summed E-state index contributed by atoms with van der Waals surface area (Å²) < 4.78 is 0.743. The van der Waals surface area contributed by atoms with Crippen LogP contribution in [-0.4, -0.2) is 90.0 Å². The van der Waals surface area contributed by atoms with Gasteiger partial charge in [-0.05, 0) is 95.0 Å². The van der Waals surface area contributed by atoms with Crippen molar-refractivity contribution < 1.29 is 33.9 Å². The first-order chi connectivity index (χ1) is 24.1. The van der Waals surface area contributed by atoms with Crippen molar-refractivity contribution in [1.29, 1.82) is 0 Å². The van der Waals surface area contributed by atoms with Crippen LogP contribution in [0.5, 0.6) is 0 Å². The molecule has 0 saturated heterocycles. The fraction of sp³-hybridized carbons (Fsp3) is 0.600. The Morgan fingerprint density at radius 1 is 0.745 bits per heavy atom. The number of benzene rings is 1. The van der Waals surface area contributed by atoms with Crippen molar-refractivity contribution in [2.75, 3.05) is 13.1 Å². The Morgan fingerprint density at radius 3 is 1.69 bits per heavy atom. The van der Waals surface area contributed by atoms with Gasteiger partial charge in [-0.3, -0.25) is 24.0 Å². The molecule has 0 unspecified atom stereocenters. The summed E-state index contributed by atoms with van der Waals surface area (Å²) in [4.78, 5) is 78.7. The van der Waals surface area contributed by atoms with Gasteiger partial charge in [-0.1, -0.05) is 48.0 Å². The number of aliphatic carboxylic acids is 1. The number of hydrogen-bond acceptors (Lipinski definition) is 9. The first kappa shape index (κ1) is 45.2. The fourth-order valence-electron chi connectivity index (χ4n) is 5.12. The highest BCUT2D eigenvalue weighted by Gasteiger charge is 2.32. The molecule has 1 aromatic rings. The number of carbonyl (C=O) groups is 6. The van der Waals surface area contributed by atoms with Gasteiger partial charge in [0.15, 0.2) is 0 Å². The number of carboxylic acid groups (broad SMARTS) is 1. The molecule has 0 heterocycles.